The molecular weight excluding hydrogens is 292 g/mol. The first-order valence-electron chi connectivity index (χ1n) is 5.22. The molecule has 0 radical (unpaired) electrons. The third-order valence-corrected chi connectivity index (χ3v) is 2.99. The van der Waals surface area contributed by atoms with E-state index in [-0.39, 0.29) is 21.4 Å². The molecule has 1 amide bonds. The van der Waals surface area contributed by atoms with Crippen LogP contribution in [0, 0.1) is 5.82 Å². The Morgan fingerprint density at radius 2 is 1.84 bits per heavy atom. The largest absolute Gasteiger partial charge is 0.508 e. The summed E-state index contributed by atoms with van der Waals surface area (Å²) in [7, 11) is 0. The minimum atomic E-state index is -0.574. The van der Waals surface area contributed by atoms with Gasteiger partial charge in [0.25, 0.3) is 5.91 Å². The molecule has 0 unspecified atom stereocenters. The fraction of sp³-hybridized carbons (Fsp3) is 0. The van der Waals surface area contributed by atoms with Crippen LogP contribution >= 0.6 is 23.2 Å². The summed E-state index contributed by atoms with van der Waals surface area (Å²) in [6, 6.07) is 7.81. The van der Waals surface area contributed by atoms with E-state index in [0.29, 0.717) is 5.69 Å². The Hall–Kier alpha value is -1.78. The monoisotopic (exact) mass is 299 g/mol. The predicted molar refractivity (Wildman–Crippen MR) is 72.5 cm³/mol. The van der Waals surface area contributed by atoms with Crippen LogP contribution in [0.15, 0.2) is 36.4 Å². The Bertz CT molecular complexity index is 647. The fourth-order valence-electron chi connectivity index (χ4n) is 1.46. The van der Waals surface area contributed by atoms with Crippen molar-refractivity contribution in [3.63, 3.8) is 0 Å². The molecule has 0 aromatic heterocycles. The fourth-order valence-corrected chi connectivity index (χ4v) is 1.84. The summed E-state index contributed by atoms with van der Waals surface area (Å²) in [5, 5.41) is 11.9. The van der Waals surface area contributed by atoms with Crippen molar-refractivity contribution in [3.8, 4) is 5.75 Å². The van der Waals surface area contributed by atoms with Gasteiger partial charge in [0.1, 0.15) is 11.6 Å². The quantitative estimate of drug-likeness (QED) is 0.877. The molecule has 2 rings (SSSR count). The maximum absolute atomic E-state index is 13.0. The second-order valence-corrected chi connectivity index (χ2v) is 4.56. The second kappa shape index (κ2) is 5.47. The van der Waals surface area contributed by atoms with Gasteiger partial charge in [-0.25, -0.2) is 4.39 Å². The maximum atomic E-state index is 13.0. The van der Waals surface area contributed by atoms with E-state index in [9.17, 15) is 14.3 Å². The third kappa shape index (κ3) is 3.16. The average Bonchev–Trinajstić information content (AvgIpc) is 2.36. The summed E-state index contributed by atoms with van der Waals surface area (Å²) in [4.78, 5) is 11.9. The van der Waals surface area contributed by atoms with Gasteiger partial charge in [-0.3, -0.25) is 4.79 Å². The second-order valence-electron chi connectivity index (χ2n) is 3.75. The Kier molecular flexibility index (Phi) is 3.93. The van der Waals surface area contributed by atoms with Gasteiger partial charge in [-0.2, -0.15) is 0 Å². The summed E-state index contributed by atoms with van der Waals surface area (Å²) >= 11 is 11.5. The van der Waals surface area contributed by atoms with Gasteiger partial charge in [-0.05, 0) is 36.4 Å². The topological polar surface area (TPSA) is 49.3 Å². The van der Waals surface area contributed by atoms with Crippen molar-refractivity contribution in [2.75, 3.05) is 5.32 Å². The number of halogens is 3. The molecule has 0 saturated carbocycles. The van der Waals surface area contributed by atoms with E-state index in [1.165, 1.54) is 30.3 Å². The van der Waals surface area contributed by atoms with Crippen molar-refractivity contribution < 1.29 is 14.3 Å². The minimum Gasteiger partial charge on any atom is -0.508 e. The number of amides is 1. The van der Waals surface area contributed by atoms with E-state index < -0.39 is 11.7 Å². The lowest BCUT2D eigenvalue weighted by Gasteiger charge is -2.07. The SMILES string of the molecule is O=C(Nc1ccc(F)c(Cl)c1)c1cc(O)ccc1Cl. The van der Waals surface area contributed by atoms with Crippen molar-refractivity contribution >= 4 is 34.8 Å². The van der Waals surface area contributed by atoms with Crippen molar-refractivity contribution in [1.82, 2.24) is 0 Å². The molecule has 0 spiro atoms. The van der Waals surface area contributed by atoms with E-state index in [1.54, 1.807) is 0 Å². The van der Waals surface area contributed by atoms with Crippen molar-refractivity contribution in [3.05, 3.63) is 57.8 Å². The Morgan fingerprint density at radius 3 is 2.53 bits per heavy atom. The van der Waals surface area contributed by atoms with Gasteiger partial charge in [0.15, 0.2) is 0 Å². The maximum Gasteiger partial charge on any atom is 0.257 e. The summed E-state index contributed by atoms with van der Waals surface area (Å²) in [5.41, 5.74) is 0.443. The van der Waals surface area contributed by atoms with Gasteiger partial charge >= 0.3 is 0 Å². The van der Waals surface area contributed by atoms with Crippen LogP contribution in [0.25, 0.3) is 0 Å². The molecule has 0 heterocycles. The number of phenolic OH excluding ortho intramolecular Hbond substituents is 1. The molecule has 6 heteroatoms. The van der Waals surface area contributed by atoms with E-state index in [4.69, 9.17) is 23.2 Å². The Morgan fingerprint density at radius 1 is 1.11 bits per heavy atom. The molecule has 19 heavy (non-hydrogen) atoms. The normalized spacial score (nSPS) is 10.3. The molecule has 0 saturated heterocycles. The molecule has 0 aliphatic heterocycles. The first kappa shape index (κ1) is 13.6. The molecular formula is C13H8Cl2FNO2. The van der Waals surface area contributed by atoms with Crippen LogP contribution in [0.3, 0.4) is 0 Å². The molecule has 0 bridgehead atoms. The zero-order valence-electron chi connectivity index (χ0n) is 9.45. The van der Waals surface area contributed by atoms with Crippen LogP contribution in [0.5, 0.6) is 5.75 Å². The molecule has 3 nitrogen and oxygen atoms in total. The van der Waals surface area contributed by atoms with Gasteiger partial charge in [0.2, 0.25) is 0 Å². The zero-order chi connectivity index (χ0) is 14.0. The number of phenols is 1. The van der Waals surface area contributed by atoms with Crippen LogP contribution in [-0.4, -0.2) is 11.0 Å². The Balaban J connectivity index is 2.25. The summed E-state index contributed by atoms with van der Waals surface area (Å²) in [6.45, 7) is 0. The highest BCUT2D eigenvalue weighted by Gasteiger charge is 2.12. The van der Waals surface area contributed by atoms with Crippen LogP contribution in [-0.2, 0) is 0 Å². The van der Waals surface area contributed by atoms with Crippen LogP contribution < -0.4 is 5.32 Å². The highest BCUT2D eigenvalue weighted by atomic mass is 35.5. The van der Waals surface area contributed by atoms with Crippen molar-refractivity contribution in [2.45, 2.75) is 0 Å². The molecule has 0 aliphatic rings. The molecule has 2 aromatic rings. The van der Waals surface area contributed by atoms with Crippen LogP contribution in [0.4, 0.5) is 10.1 Å². The van der Waals surface area contributed by atoms with Crippen LogP contribution in [0.2, 0.25) is 10.0 Å². The molecule has 2 N–H and O–H groups in total. The number of carbonyl (C=O) groups is 1. The first-order chi connectivity index (χ1) is 8.97. The minimum absolute atomic E-state index is 0.0771. The summed E-state index contributed by atoms with van der Waals surface area (Å²) in [6.07, 6.45) is 0. The smallest absolute Gasteiger partial charge is 0.257 e. The number of hydrogen-bond donors (Lipinski definition) is 2. The predicted octanol–water partition coefficient (Wildman–Crippen LogP) is 4.09. The van der Waals surface area contributed by atoms with Gasteiger partial charge < -0.3 is 10.4 Å². The number of hydrogen-bond acceptors (Lipinski definition) is 2. The van der Waals surface area contributed by atoms with E-state index in [1.807, 2.05) is 0 Å². The highest BCUT2D eigenvalue weighted by Crippen LogP contribution is 2.24. The first-order valence-corrected chi connectivity index (χ1v) is 5.98. The number of benzene rings is 2. The van der Waals surface area contributed by atoms with E-state index in [0.717, 1.165) is 6.07 Å². The van der Waals surface area contributed by atoms with Gasteiger partial charge in [-0.15, -0.1) is 0 Å². The van der Waals surface area contributed by atoms with E-state index in [2.05, 4.69) is 5.32 Å². The summed E-state index contributed by atoms with van der Waals surface area (Å²) in [5.74, 6) is -1.18. The average molecular weight is 300 g/mol. The third-order valence-electron chi connectivity index (χ3n) is 2.37. The number of carbonyl (C=O) groups excluding carboxylic acids is 1. The molecule has 0 fully saturated rings. The number of aromatic hydroxyl groups is 1. The number of rotatable bonds is 2. The van der Waals surface area contributed by atoms with Crippen molar-refractivity contribution in [1.29, 1.82) is 0 Å². The zero-order valence-corrected chi connectivity index (χ0v) is 11.0. The number of anilines is 1. The van der Waals surface area contributed by atoms with Gasteiger partial charge in [-0.1, -0.05) is 23.2 Å². The molecule has 0 aliphatic carbocycles. The van der Waals surface area contributed by atoms with Crippen molar-refractivity contribution in [2.24, 2.45) is 0 Å². The Labute approximate surface area is 118 Å². The van der Waals surface area contributed by atoms with Gasteiger partial charge in [0, 0.05) is 5.69 Å². The lowest BCUT2D eigenvalue weighted by Crippen LogP contribution is -2.12. The number of nitrogens with one attached hydrogen (secondary N) is 1. The van der Waals surface area contributed by atoms with Gasteiger partial charge in [0.05, 0.1) is 15.6 Å². The molecule has 0 atom stereocenters. The lowest BCUT2D eigenvalue weighted by molar-refractivity contribution is 0.102. The van der Waals surface area contributed by atoms with Crippen LogP contribution in [0.1, 0.15) is 10.4 Å². The molecule has 2 aromatic carbocycles. The standard InChI is InChI=1S/C13H8Cl2FNO2/c14-10-3-2-8(18)6-9(10)13(19)17-7-1-4-12(16)11(15)5-7/h1-6,18H,(H,17,19). The molecule has 98 valence electrons. The highest BCUT2D eigenvalue weighted by molar-refractivity contribution is 6.34. The van der Waals surface area contributed by atoms with E-state index >= 15 is 0 Å². The summed E-state index contributed by atoms with van der Waals surface area (Å²) < 4.78 is 13.0. The lowest BCUT2D eigenvalue weighted by atomic mass is 10.2.